The van der Waals surface area contributed by atoms with Crippen molar-refractivity contribution in [1.82, 2.24) is 10.3 Å². The third-order valence-corrected chi connectivity index (χ3v) is 5.20. The number of hydrogen-bond acceptors (Lipinski definition) is 3. The predicted molar refractivity (Wildman–Crippen MR) is 86.1 cm³/mol. The van der Waals surface area contributed by atoms with Crippen molar-refractivity contribution in [2.75, 3.05) is 0 Å². The summed E-state index contributed by atoms with van der Waals surface area (Å²) in [6.45, 7) is 0. The van der Waals surface area contributed by atoms with Crippen LogP contribution < -0.4 is 11.1 Å². The Morgan fingerprint density at radius 1 is 1.29 bits per heavy atom. The molecule has 6 heteroatoms. The van der Waals surface area contributed by atoms with Crippen molar-refractivity contribution in [1.29, 1.82) is 0 Å². The highest BCUT2D eigenvalue weighted by molar-refractivity contribution is 5.94. The molecule has 3 N–H and O–H groups in total. The third kappa shape index (κ3) is 3.20. The SMILES string of the molecule is NC1CC1c1cc(C(=O)NC2CCC(F)(F)CC2)cnc1C1C=C1. The summed E-state index contributed by atoms with van der Waals surface area (Å²) in [5.74, 6) is -2.28. The van der Waals surface area contributed by atoms with Crippen LogP contribution in [0.25, 0.3) is 0 Å². The summed E-state index contributed by atoms with van der Waals surface area (Å²) in [5.41, 5.74) is 8.50. The van der Waals surface area contributed by atoms with Gasteiger partial charge in [0.05, 0.1) is 11.3 Å². The molecule has 24 heavy (non-hydrogen) atoms. The Hall–Kier alpha value is -1.82. The van der Waals surface area contributed by atoms with Gasteiger partial charge in [-0.2, -0.15) is 0 Å². The molecule has 0 aromatic carbocycles. The first-order chi connectivity index (χ1) is 11.4. The van der Waals surface area contributed by atoms with Crippen LogP contribution in [-0.4, -0.2) is 28.9 Å². The molecule has 4 nitrogen and oxygen atoms in total. The number of allylic oxidation sites excluding steroid dienone is 2. The van der Waals surface area contributed by atoms with E-state index in [9.17, 15) is 13.6 Å². The average molecular weight is 333 g/mol. The maximum absolute atomic E-state index is 13.2. The summed E-state index contributed by atoms with van der Waals surface area (Å²) in [5, 5.41) is 2.88. The van der Waals surface area contributed by atoms with Crippen LogP contribution in [0.3, 0.4) is 0 Å². The average Bonchev–Trinajstić information content (AvgIpc) is 3.45. The number of halogens is 2. The molecule has 1 aromatic heterocycles. The normalized spacial score (nSPS) is 28.6. The molecule has 0 aliphatic heterocycles. The summed E-state index contributed by atoms with van der Waals surface area (Å²) in [6, 6.07) is 1.84. The van der Waals surface area contributed by atoms with Gasteiger partial charge in [0.1, 0.15) is 0 Å². The van der Waals surface area contributed by atoms with Gasteiger partial charge >= 0.3 is 0 Å². The predicted octanol–water partition coefficient (Wildman–Crippen LogP) is 2.86. The van der Waals surface area contributed by atoms with Gasteiger partial charge in [-0.15, -0.1) is 0 Å². The van der Waals surface area contributed by atoms with Crippen molar-refractivity contribution in [3.63, 3.8) is 0 Å². The Labute approximate surface area is 139 Å². The van der Waals surface area contributed by atoms with Crippen molar-refractivity contribution in [3.8, 4) is 0 Å². The highest BCUT2D eigenvalue weighted by atomic mass is 19.3. The second-order valence-electron chi connectivity index (χ2n) is 7.22. The van der Waals surface area contributed by atoms with Gasteiger partial charge in [0, 0.05) is 43.0 Å². The van der Waals surface area contributed by atoms with E-state index in [0.717, 1.165) is 17.7 Å². The van der Waals surface area contributed by atoms with Gasteiger partial charge in [-0.3, -0.25) is 9.78 Å². The number of nitrogens with one attached hydrogen (secondary N) is 1. The maximum atomic E-state index is 13.2. The van der Waals surface area contributed by atoms with Gasteiger partial charge in [0.2, 0.25) is 5.92 Å². The standard InChI is InChI=1S/C18H21F2N3O/c19-18(20)5-3-12(4-6-18)23-17(24)11-7-14(13-8-15(13)21)16(22-9-11)10-1-2-10/h1-2,7,9-10,12-13,15H,3-6,8,21H2,(H,23,24). The first-order valence-electron chi connectivity index (χ1n) is 8.55. The number of carbonyl (C=O) groups excluding carboxylic acids is 1. The molecular formula is C18H21F2N3O. The molecule has 128 valence electrons. The number of carbonyl (C=O) groups is 1. The molecule has 2 fully saturated rings. The fourth-order valence-electron chi connectivity index (χ4n) is 3.46. The summed E-state index contributed by atoms with van der Waals surface area (Å²) in [4.78, 5) is 16.9. The van der Waals surface area contributed by atoms with Crippen LogP contribution in [0.1, 0.15) is 65.6 Å². The molecule has 2 saturated carbocycles. The van der Waals surface area contributed by atoms with E-state index in [0.29, 0.717) is 18.4 Å². The van der Waals surface area contributed by atoms with E-state index in [1.165, 1.54) is 0 Å². The number of amides is 1. The fraction of sp³-hybridized carbons (Fsp3) is 0.556. The van der Waals surface area contributed by atoms with E-state index >= 15 is 0 Å². The number of rotatable bonds is 4. The lowest BCUT2D eigenvalue weighted by Gasteiger charge is -2.28. The Balaban J connectivity index is 1.46. The molecule has 3 aliphatic rings. The van der Waals surface area contributed by atoms with Crippen molar-refractivity contribution >= 4 is 5.91 Å². The lowest BCUT2D eigenvalue weighted by atomic mass is 9.92. The van der Waals surface area contributed by atoms with E-state index in [2.05, 4.69) is 22.5 Å². The fourth-order valence-corrected chi connectivity index (χ4v) is 3.46. The van der Waals surface area contributed by atoms with Crippen LogP contribution in [-0.2, 0) is 0 Å². The number of pyridine rings is 1. The number of nitrogens with zero attached hydrogens (tertiary/aromatic N) is 1. The quantitative estimate of drug-likeness (QED) is 0.833. The van der Waals surface area contributed by atoms with Gasteiger partial charge in [0.25, 0.3) is 5.91 Å². The molecular weight excluding hydrogens is 312 g/mol. The molecule has 3 aliphatic carbocycles. The summed E-state index contributed by atoms with van der Waals surface area (Å²) < 4.78 is 26.4. The topological polar surface area (TPSA) is 68.0 Å². The highest BCUT2D eigenvalue weighted by Gasteiger charge is 2.39. The summed E-state index contributed by atoms with van der Waals surface area (Å²) in [6.07, 6.45) is 6.95. The molecule has 1 heterocycles. The minimum Gasteiger partial charge on any atom is -0.349 e. The largest absolute Gasteiger partial charge is 0.349 e. The van der Waals surface area contributed by atoms with Crippen LogP contribution >= 0.6 is 0 Å². The zero-order chi connectivity index (χ0) is 16.9. The zero-order valence-electron chi connectivity index (χ0n) is 13.3. The number of aromatic nitrogens is 1. The minimum atomic E-state index is -2.59. The number of alkyl halides is 2. The second-order valence-corrected chi connectivity index (χ2v) is 7.22. The van der Waals surface area contributed by atoms with Gasteiger partial charge in [-0.1, -0.05) is 12.2 Å². The van der Waals surface area contributed by atoms with Crippen molar-refractivity contribution in [3.05, 3.63) is 41.2 Å². The molecule has 0 radical (unpaired) electrons. The Morgan fingerprint density at radius 3 is 2.54 bits per heavy atom. The molecule has 2 atom stereocenters. The smallest absolute Gasteiger partial charge is 0.253 e. The highest BCUT2D eigenvalue weighted by Crippen LogP contribution is 2.44. The number of hydrogen-bond donors (Lipinski definition) is 2. The first kappa shape index (κ1) is 15.7. The lowest BCUT2D eigenvalue weighted by Crippen LogP contribution is -2.40. The first-order valence-corrected chi connectivity index (χ1v) is 8.55. The Morgan fingerprint density at radius 2 is 1.96 bits per heavy atom. The van der Waals surface area contributed by atoms with Gasteiger partial charge in [-0.25, -0.2) is 8.78 Å². The molecule has 1 aromatic rings. The molecule has 0 spiro atoms. The van der Waals surface area contributed by atoms with E-state index in [4.69, 9.17) is 5.73 Å². The number of nitrogens with two attached hydrogens (primary N) is 1. The molecule has 0 saturated heterocycles. The van der Waals surface area contributed by atoms with Crippen LogP contribution in [0.5, 0.6) is 0 Å². The maximum Gasteiger partial charge on any atom is 0.253 e. The van der Waals surface area contributed by atoms with Crippen LogP contribution in [0.15, 0.2) is 24.4 Å². The summed E-state index contributed by atoms with van der Waals surface area (Å²) in [7, 11) is 0. The van der Waals surface area contributed by atoms with E-state index in [1.54, 1.807) is 6.20 Å². The molecule has 0 bridgehead atoms. The van der Waals surface area contributed by atoms with E-state index < -0.39 is 5.92 Å². The Bertz CT molecular complexity index is 688. The summed E-state index contributed by atoms with van der Waals surface area (Å²) >= 11 is 0. The minimum absolute atomic E-state index is 0.142. The van der Waals surface area contributed by atoms with E-state index in [1.807, 2.05) is 6.07 Å². The van der Waals surface area contributed by atoms with Crippen LogP contribution in [0.2, 0.25) is 0 Å². The molecule has 1 amide bonds. The zero-order valence-corrected chi connectivity index (χ0v) is 13.3. The second kappa shape index (κ2) is 5.62. The van der Waals surface area contributed by atoms with Gasteiger partial charge in [-0.05, 0) is 30.9 Å². The van der Waals surface area contributed by atoms with Gasteiger partial charge < -0.3 is 11.1 Å². The molecule has 4 rings (SSSR count). The van der Waals surface area contributed by atoms with Crippen molar-refractivity contribution in [2.45, 2.75) is 61.9 Å². The van der Waals surface area contributed by atoms with Crippen molar-refractivity contribution in [2.24, 2.45) is 5.73 Å². The molecule has 2 unspecified atom stereocenters. The van der Waals surface area contributed by atoms with Crippen molar-refractivity contribution < 1.29 is 13.6 Å². The van der Waals surface area contributed by atoms with E-state index in [-0.39, 0.29) is 42.7 Å². The third-order valence-electron chi connectivity index (χ3n) is 5.20. The van der Waals surface area contributed by atoms with Gasteiger partial charge in [0.15, 0.2) is 0 Å². The van der Waals surface area contributed by atoms with Crippen LogP contribution in [0, 0.1) is 0 Å². The lowest BCUT2D eigenvalue weighted by molar-refractivity contribution is -0.0399. The Kier molecular flexibility index (Phi) is 3.67. The van der Waals surface area contributed by atoms with Crippen LogP contribution in [0.4, 0.5) is 8.78 Å². The monoisotopic (exact) mass is 333 g/mol.